The first kappa shape index (κ1) is 21.5. The van der Waals surface area contributed by atoms with Gasteiger partial charge in [0.25, 0.3) is 5.91 Å². The van der Waals surface area contributed by atoms with Gasteiger partial charge in [-0.15, -0.1) is 0 Å². The number of nitrogens with one attached hydrogen (secondary N) is 2. The highest BCUT2D eigenvalue weighted by Crippen LogP contribution is 2.37. The molecule has 1 aliphatic rings. The molecule has 1 aromatic rings. The van der Waals surface area contributed by atoms with Crippen molar-refractivity contribution in [1.29, 1.82) is 0 Å². The molecule has 1 fully saturated rings. The summed E-state index contributed by atoms with van der Waals surface area (Å²) in [4.78, 5) is 36.3. The third kappa shape index (κ3) is 4.93. The predicted octanol–water partition coefficient (Wildman–Crippen LogP) is 3.38. The topological polar surface area (TPSA) is 78.5 Å². The monoisotopic (exact) mass is 411 g/mol. The van der Waals surface area contributed by atoms with Gasteiger partial charge in [-0.25, -0.2) is 4.79 Å². The van der Waals surface area contributed by atoms with Crippen LogP contribution in [0.2, 0.25) is 0 Å². The maximum absolute atomic E-state index is 12.8. The summed E-state index contributed by atoms with van der Waals surface area (Å²) in [5.74, 6) is -1.81. The summed E-state index contributed by atoms with van der Waals surface area (Å²) in [6.45, 7) is 0.920. The standard InChI is InChI=1S/C16H15F6N3O3/c1-2-3-11-13(27)25(14(28)24-11)7-12(26)23-10-5-8(15(17,18)19)4-9(6-10)16(20,21)22/h4-6,11H,2-3,7H2,1H3,(H,23,26)(H,24,28). The number of carbonyl (C=O) groups excluding carboxylic acids is 3. The molecular weight excluding hydrogens is 396 g/mol. The first-order valence-electron chi connectivity index (χ1n) is 8.04. The average molecular weight is 411 g/mol. The maximum atomic E-state index is 12.8. The number of anilines is 1. The summed E-state index contributed by atoms with van der Waals surface area (Å²) in [5.41, 5.74) is -3.96. The largest absolute Gasteiger partial charge is 0.416 e. The van der Waals surface area contributed by atoms with Gasteiger partial charge in [-0.3, -0.25) is 14.5 Å². The van der Waals surface area contributed by atoms with Crippen LogP contribution in [0.1, 0.15) is 30.9 Å². The van der Waals surface area contributed by atoms with E-state index >= 15 is 0 Å². The Kier molecular flexibility index (Phi) is 5.90. The number of amides is 4. The van der Waals surface area contributed by atoms with Gasteiger partial charge in [0.2, 0.25) is 5.91 Å². The highest BCUT2D eigenvalue weighted by molar-refractivity contribution is 6.07. The minimum atomic E-state index is -5.07. The van der Waals surface area contributed by atoms with Crippen LogP contribution < -0.4 is 10.6 Å². The second-order valence-electron chi connectivity index (χ2n) is 6.06. The van der Waals surface area contributed by atoms with Crippen LogP contribution in [0.5, 0.6) is 0 Å². The number of benzene rings is 1. The molecule has 0 bridgehead atoms. The summed E-state index contributed by atoms with van der Waals surface area (Å²) in [6.07, 6.45) is -9.25. The van der Waals surface area contributed by atoms with Gasteiger partial charge < -0.3 is 10.6 Å². The molecule has 6 nitrogen and oxygen atoms in total. The summed E-state index contributed by atoms with van der Waals surface area (Å²) < 4.78 is 77.0. The van der Waals surface area contributed by atoms with E-state index in [-0.39, 0.29) is 6.07 Å². The lowest BCUT2D eigenvalue weighted by Crippen LogP contribution is -2.38. The quantitative estimate of drug-likeness (QED) is 0.576. The van der Waals surface area contributed by atoms with Crippen LogP contribution in [-0.4, -0.2) is 35.3 Å². The molecule has 12 heteroatoms. The lowest BCUT2D eigenvalue weighted by Gasteiger charge is -2.16. The first-order valence-corrected chi connectivity index (χ1v) is 8.04. The van der Waals surface area contributed by atoms with E-state index in [4.69, 9.17) is 0 Å². The number of urea groups is 1. The molecule has 2 rings (SSSR count). The molecule has 1 aliphatic heterocycles. The number of alkyl halides is 6. The van der Waals surface area contributed by atoms with E-state index in [9.17, 15) is 40.7 Å². The molecule has 2 N–H and O–H groups in total. The molecule has 0 aromatic heterocycles. The predicted molar refractivity (Wildman–Crippen MR) is 84.0 cm³/mol. The Hall–Kier alpha value is -2.79. The third-order valence-corrected chi connectivity index (χ3v) is 3.86. The fourth-order valence-corrected chi connectivity index (χ4v) is 2.58. The van der Waals surface area contributed by atoms with E-state index in [0.29, 0.717) is 29.9 Å². The summed E-state index contributed by atoms with van der Waals surface area (Å²) >= 11 is 0. The van der Waals surface area contributed by atoms with E-state index < -0.39 is 59.6 Å². The Balaban J connectivity index is 2.19. The number of rotatable bonds is 5. The van der Waals surface area contributed by atoms with Crippen molar-refractivity contribution in [3.8, 4) is 0 Å². The van der Waals surface area contributed by atoms with Crippen molar-refractivity contribution in [2.24, 2.45) is 0 Å². The van der Waals surface area contributed by atoms with Crippen LogP contribution in [0, 0.1) is 0 Å². The third-order valence-electron chi connectivity index (χ3n) is 3.86. The molecule has 154 valence electrons. The van der Waals surface area contributed by atoms with Crippen LogP contribution in [0.15, 0.2) is 18.2 Å². The Morgan fingerprint density at radius 3 is 2.07 bits per heavy atom. The maximum Gasteiger partial charge on any atom is 0.416 e. The highest BCUT2D eigenvalue weighted by atomic mass is 19.4. The van der Waals surface area contributed by atoms with Crippen LogP contribution in [0.3, 0.4) is 0 Å². The van der Waals surface area contributed by atoms with E-state index in [2.05, 4.69) is 5.32 Å². The van der Waals surface area contributed by atoms with E-state index in [1.807, 2.05) is 5.32 Å². The van der Waals surface area contributed by atoms with Crippen molar-refractivity contribution in [2.75, 3.05) is 11.9 Å². The molecule has 0 spiro atoms. The van der Waals surface area contributed by atoms with Crippen LogP contribution in [0.25, 0.3) is 0 Å². The summed E-state index contributed by atoms with van der Waals surface area (Å²) in [7, 11) is 0. The van der Waals surface area contributed by atoms with Crippen molar-refractivity contribution >= 4 is 23.5 Å². The molecule has 1 unspecified atom stereocenters. The number of halogens is 6. The van der Waals surface area contributed by atoms with Gasteiger partial charge in [-0.05, 0) is 24.6 Å². The molecule has 0 saturated carbocycles. The van der Waals surface area contributed by atoms with Crippen molar-refractivity contribution < 1.29 is 40.7 Å². The number of hydrogen-bond donors (Lipinski definition) is 2. The summed E-state index contributed by atoms with van der Waals surface area (Å²) in [6, 6.07) is -1.10. The molecule has 0 aliphatic carbocycles. The van der Waals surface area contributed by atoms with Crippen molar-refractivity contribution in [3.05, 3.63) is 29.3 Å². The highest BCUT2D eigenvalue weighted by Gasteiger charge is 2.39. The van der Waals surface area contributed by atoms with E-state index in [1.54, 1.807) is 6.92 Å². The number of carbonyl (C=O) groups is 3. The summed E-state index contributed by atoms with van der Waals surface area (Å²) in [5, 5.41) is 4.21. The van der Waals surface area contributed by atoms with Gasteiger partial charge in [0.1, 0.15) is 12.6 Å². The molecule has 0 radical (unpaired) electrons. The van der Waals surface area contributed by atoms with Gasteiger partial charge in [0, 0.05) is 5.69 Å². The van der Waals surface area contributed by atoms with Gasteiger partial charge in [-0.2, -0.15) is 26.3 Å². The van der Waals surface area contributed by atoms with Crippen LogP contribution >= 0.6 is 0 Å². The minimum absolute atomic E-state index is 0.0809. The van der Waals surface area contributed by atoms with Crippen LogP contribution in [0.4, 0.5) is 36.8 Å². The fraction of sp³-hybridized carbons (Fsp3) is 0.438. The van der Waals surface area contributed by atoms with Crippen molar-refractivity contribution in [1.82, 2.24) is 10.2 Å². The fourth-order valence-electron chi connectivity index (χ4n) is 2.58. The minimum Gasteiger partial charge on any atom is -0.326 e. The van der Waals surface area contributed by atoms with E-state index in [1.165, 1.54) is 0 Å². The molecular formula is C16H15F6N3O3. The number of imide groups is 1. The Morgan fingerprint density at radius 2 is 1.61 bits per heavy atom. The second-order valence-corrected chi connectivity index (χ2v) is 6.06. The van der Waals surface area contributed by atoms with Gasteiger partial charge in [0.05, 0.1) is 11.1 Å². The van der Waals surface area contributed by atoms with Crippen molar-refractivity contribution in [3.63, 3.8) is 0 Å². The zero-order chi connectivity index (χ0) is 21.3. The molecule has 1 aromatic carbocycles. The molecule has 4 amide bonds. The van der Waals surface area contributed by atoms with Crippen molar-refractivity contribution in [2.45, 2.75) is 38.2 Å². The second kappa shape index (κ2) is 7.68. The average Bonchev–Trinajstić information content (AvgIpc) is 2.81. The van der Waals surface area contributed by atoms with E-state index in [0.717, 1.165) is 0 Å². The molecule has 1 saturated heterocycles. The van der Waals surface area contributed by atoms with Gasteiger partial charge in [-0.1, -0.05) is 13.3 Å². The molecule has 1 atom stereocenters. The zero-order valence-electron chi connectivity index (χ0n) is 14.4. The normalized spacial score (nSPS) is 17.7. The smallest absolute Gasteiger partial charge is 0.326 e. The molecule has 1 heterocycles. The van der Waals surface area contributed by atoms with Crippen LogP contribution in [-0.2, 0) is 21.9 Å². The number of hydrogen-bond acceptors (Lipinski definition) is 3. The first-order chi connectivity index (χ1) is 12.8. The van der Waals surface area contributed by atoms with Gasteiger partial charge in [0.15, 0.2) is 0 Å². The molecule has 28 heavy (non-hydrogen) atoms. The Bertz CT molecular complexity index is 759. The lowest BCUT2D eigenvalue weighted by molar-refractivity contribution is -0.143. The Labute approximate surface area is 154 Å². The number of nitrogens with zero attached hydrogens (tertiary/aromatic N) is 1. The SMILES string of the molecule is CCCC1NC(=O)N(CC(=O)Nc2cc(C(F)(F)F)cc(C(F)(F)F)c2)C1=O. The Morgan fingerprint density at radius 1 is 1.07 bits per heavy atom. The lowest BCUT2D eigenvalue weighted by atomic mass is 10.1. The zero-order valence-corrected chi connectivity index (χ0v) is 14.4. The van der Waals surface area contributed by atoms with Gasteiger partial charge >= 0.3 is 18.4 Å².